The fourth-order valence-electron chi connectivity index (χ4n) is 2.68. The molecule has 0 atom stereocenters. The predicted molar refractivity (Wildman–Crippen MR) is 146 cm³/mol. The van der Waals surface area contributed by atoms with E-state index in [0.717, 1.165) is 16.7 Å². The van der Waals surface area contributed by atoms with Crippen LogP contribution in [-0.2, 0) is 17.7 Å². The number of halogens is 3. The van der Waals surface area contributed by atoms with Gasteiger partial charge in [-0.15, -0.1) is 0 Å². The molecule has 2 rings (SSSR count). The van der Waals surface area contributed by atoms with Crippen molar-refractivity contribution in [3.63, 3.8) is 0 Å². The maximum Gasteiger partial charge on any atom is 0.312 e. The van der Waals surface area contributed by atoms with E-state index >= 15 is 0 Å². The average Bonchev–Trinajstić information content (AvgIpc) is 2.84. The van der Waals surface area contributed by atoms with Crippen LogP contribution in [0.15, 0.2) is 59.5 Å². The van der Waals surface area contributed by atoms with E-state index in [1.165, 1.54) is 18.7 Å². The maximum absolute atomic E-state index is 13.8. The summed E-state index contributed by atoms with van der Waals surface area (Å²) in [5, 5.41) is 0. The second kappa shape index (κ2) is 19.2. The monoisotopic (exact) mass is 491 g/mol. The van der Waals surface area contributed by atoms with Crippen LogP contribution in [0.3, 0.4) is 0 Å². The van der Waals surface area contributed by atoms with E-state index in [9.17, 15) is 13.2 Å². The van der Waals surface area contributed by atoms with Gasteiger partial charge < -0.3 is 15.5 Å². The smallest absolute Gasteiger partial charge is 0.312 e. The van der Waals surface area contributed by atoms with Gasteiger partial charge in [-0.2, -0.15) is 8.78 Å². The van der Waals surface area contributed by atoms with Gasteiger partial charge in [-0.3, -0.25) is 4.99 Å². The van der Waals surface area contributed by atoms with Crippen LogP contribution in [0.4, 0.5) is 13.2 Å². The van der Waals surface area contributed by atoms with Crippen molar-refractivity contribution in [1.82, 2.24) is 0 Å². The molecule has 4 nitrogen and oxygen atoms in total. The Balaban J connectivity index is 0. The van der Waals surface area contributed by atoms with Crippen molar-refractivity contribution in [3.05, 3.63) is 83.2 Å². The Hall–Kier alpha value is -3.19. The molecule has 0 amide bonds. The third kappa shape index (κ3) is 12.7. The highest BCUT2D eigenvalue weighted by molar-refractivity contribution is 5.84. The molecule has 0 aliphatic carbocycles. The van der Waals surface area contributed by atoms with Crippen LogP contribution < -0.4 is 5.73 Å². The number of nitrogens with zero attached hydrogens (tertiary/aromatic N) is 2. The summed E-state index contributed by atoms with van der Waals surface area (Å²) in [6.45, 7) is 20.7. The molecule has 2 N–H and O–H groups in total. The molecule has 0 aliphatic heterocycles. The lowest BCUT2D eigenvalue weighted by Gasteiger charge is -2.13. The summed E-state index contributed by atoms with van der Waals surface area (Å²) >= 11 is 0. The summed E-state index contributed by atoms with van der Waals surface area (Å²) in [7, 11) is 2.83. The van der Waals surface area contributed by atoms with Gasteiger partial charge in [0, 0.05) is 26.2 Å². The van der Waals surface area contributed by atoms with Crippen molar-refractivity contribution in [2.45, 2.75) is 54.0 Å². The number of aryl methyl sites for hydroxylation is 1. The van der Waals surface area contributed by atoms with Crippen LogP contribution in [0.2, 0.25) is 0 Å². The standard InChI is InChI=1S/C14H16F3NO.C10H13N.C2H5N.C2H6/c1-5-11-8(2)6-10(7-12(11)15)9(3)19-14(18-4)13(16)17;1-8(2)10-5-3-9(7-11)4-6-10;1-3-2;1-2/h6-7,13H,3,5H2,1-2,4H3;3-6H,1,7,11H2,2H3;1H2,2H3;1-2H3. The zero-order chi connectivity index (χ0) is 27.6. The summed E-state index contributed by atoms with van der Waals surface area (Å²) in [4.78, 5) is 6.57. The van der Waals surface area contributed by atoms with Gasteiger partial charge in [-0.1, -0.05) is 63.8 Å². The molecule has 0 fully saturated rings. The number of hydrogen-bond acceptors (Lipinski definition) is 4. The number of hydrogen-bond donors (Lipinski definition) is 1. The summed E-state index contributed by atoms with van der Waals surface area (Å²) in [5.74, 6) is -1.18. The van der Waals surface area contributed by atoms with E-state index < -0.39 is 18.1 Å². The largest absolute Gasteiger partial charge is 0.438 e. The molecule has 0 saturated carbocycles. The number of aliphatic imine (C=N–C) groups is 2. The van der Waals surface area contributed by atoms with E-state index in [-0.39, 0.29) is 5.76 Å². The Morgan fingerprint density at radius 2 is 1.57 bits per heavy atom. The molecule has 0 radical (unpaired) electrons. The van der Waals surface area contributed by atoms with Gasteiger partial charge >= 0.3 is 6.43 Å². The molecule has 0 saturated heterocycles. The minimum Gasteiger partial charge on any atom is -0.438 e. The van der Waals surface area contributed by atoms with E-state index in [1.807, 2.05) is 52.0 Å². The van der Waals surface area contributed by atoms with Crippen LogP contribution in [0.5, 0.6) is 0 Å². The van der Waals surface area contributed by atoms with Gasteiger partial charge in [-0.25, -0.2) is 4.39 Å². The van der Waals surface area contributed by atoms with Crippen LogP contribution in [0.1, 0.15) is 55.5 Å². The molecule has 2 aromatic rings. The Morgan fingerprint density at radius 3 is 1.91 bits per heavy atom. The van der Waals surface area contributed by atoms with Gasteiger partial charge in [0.1, 0.15) is 11.6 Å². The molecule has 2 aromatic carbocycles. The lowest BCUT2D eigenvalue weighted by Crippen LogP contribution is -2.14. The first-order chi connectivity index (χ1) is 16.6. The highest BCUT2D eigenvalue weighted by atomic mass is 19.3. The van der Waals surface area contributed by atoms with Crippen molar-refractivity contribution < 1.29 is 17.9 Å². The molecule has 194 valence electrons. The number of alkyl halides is 2. The molecule has 35 heavy (non-hydrogen) atoms. The first-order valence-electron chi connectivity index (χ1n) is 11.3. The zero-order valence-corrected chi connectivity index (χ0v) is 22.1. The summed E-state index contributed by atoms with van der Waals surface area (Å²) in [6, 6.07) is 11.0. The topological polar surface area (TPSA) is 60.0 Å². The van der Waals surface area contributed by atoms with Crippen molar-refractivity contribution in [1.29, 1.82) is 0 Å². The molecular weight excluding hydrogens is 451 g/mol. The summed E-state index contributed by atoms with van der Waals surface area (Å²) in [5.41, 5.74) is 10.5. The second-order valence-corrected chi connectivity index (χ2v) is 6.99. The second-order valence-electron chi connectivity index (χ2n) is 6.99. The molecule has 0 bridgehead atoms. The van der Waals surface area contributed by atoms with Gasteiger partial charge in [0.15, 0.2) is 0 Å². The van der Waals surface area contributed by atoms with E-state index in [0.29, 0.717) is 24.1 Å². The highest BCUT2D eigenvalue weighted by Crippen LogP contribution is 2.23. The third-order valence-electron chi connectivity index (χ3n) is 4.41. The molecule has 0 unspecified atom stereocenters. The molecule has 0 aliphatic rings. The quantitative estimate of drug-likeness (QED) is 0.258. The normalized spacial score (nSPS) is 10.0. The average molecular weight is 492 g/mol. The predicted octanol–water partition coefficient (Wildman–Crippen LogP) is 7.50. The minimum atomic E-state index is -2.83. The first kappa shape index (κ1) is 34.0. The molecule has 0 aromatic heterocycles. The van der Waals surface area contributed by atoms with Crippen molar-refractivity contribution in [2.24, 2.45) is 15.7 Å². The lowest BCUT2D eigenvalue weighted by atomic mass is 10.0. The van der Waals surface area contributed by atoms with Crippen LogP contribution >= 0.6 is 0 Å². The fraction of sp³-hybridized carbons (Fsp3) is 0.357. The van der Waals surface area contributed by atoms with Gasteiger partial charge in [0.05, 0.1) is 0 Å². The number of rotatable bonds is 6. The molecule has 7 heteroatoms. The van der Waals surface area contributed by atoms with Crippen molar-refractivity contribution >= 4 is 23.9 Å². The van der Waals surface area contributed by atoms with Gasteiger partial charge in [-0.05, 0) is 61.4 Å². The van der Waals surface area contributed by atoms with Crippen LogP contribution in [0, 0.1) is 12.7 Å². The Kier molecular flexibility index (Phi) is 18.6. The Bertz CT molecular complexity index is 929. The third-order valence-corrected chi connectivity index (χ3v) is 4.41. The lowest BCUT2D eigenvalue weighted by molar-refractivity contribution is 0.196. The number of ether oxygens (including phenoxy) is 1. The highest BCUT2D eigenvalue weighted by Gasteiger charge is 2.17. The summed E-state index contributed by atoms with van der Waals surface area (Å²) < 4.78 is 43.6. The first-order valence-corrected chi connectivity index (χ1v) is 11.3. The van der Waals surface area contributed by atoms with Crippen LogP contribution in [-0.4, -0.2) is 33.1 Å². The van der Waals surface area contributed by atoms with E-state index in [2.05, 4.69) is 29.9 Å². The Labute approximate surface area is 209 Å². The maximum atomic E-state index is 13.8. The van der Waals surface area contributed by atoms with Gasteiger partial charge in [0.25, 0.3) is 5.90 Å². The van der Waals surface area contributed by atoms with Gasteiger partial charge in [0.2, 0.25) is 0 Å². The van der Waals surface area contributed by atoms with E-state index in [4.69, 9.17) is 10.5 Å². The van der Waals surface area contributed by atoms with E-state index in [1.54, 1.807) is 20.0 Å². The zero-order valence-electron chi connectivity index (χ0n) is 22.1. The fourth-order valence-corrected chi connectivity index (χ4v) is 2.68. The number of allylic oxidation sites excluding steroid dienone is 1. The SMILES string of the molecule is C=C(C)c1ccc(CN)cc1.C=C(OC(=NC)C(F)F)c1cc(C)c(CC)c(F)c1.C=NC.CC. The minimum absolute atomic E-state index is 0.0504. The van der Waals surface area contributed by atoms with Crippen molar-refractivity contribution in [3.8, 4) is 0 Å². The number of benzene rings is 2. The number of nitrogens with two attached hydrogens (primary N) is 1. The molecule has 0 spiro atoms. The van der Waals surface area contributed by atoms with Crippen molar-refractivity contribution in [2.75, 3.05) is 14.1 Å². The molecule has 0 heterocycles. The van der Waals surface area contributed by atoms with Crippen LogP contribution in [0.25, 0.3) is 11.3 Å². The summed E-state index contributed by atoms with van der Waals surface area (Å²) in [6.07, 6.45) is -2.27. The molecular formula is C28H40F3N3O. The Morgan fingerprint density at radius 1 is 1.06 bits per heavy atom.